The summed E-state index contributed by atoms with van der Waals surface area (Å²) < 4.78 is 11.0. The zero-order chi connectivity index (χ0) is 13.4. The van der Waals surface area contributed by atoms with E-state index in [4.69, 9.17) is 9.47 Å². The monoisotopic (exact) mass is 251 g/mol. The third-order valence-electron chi connectivity index (χ3n) is 2.38. The first-order chi connectivity index (χ1) is 8.51. The molecule has 102 valence electrons. The van der Waals surface area contributed by atoms with Crippen LogP contribution in [-0.4, -0.2) is 25.3 Å². The number of ether oxygens (including phenoxy) is 2. The molecule has 18 heavy (non-hydrogen) atoms. The van der Waals surface area contributed by atoms with E-state index in [2.05, 4.69) is 26.1 Å². The van der Waals surface area contributed by atoms with Crippen molar-refractivity contribution in [2.75, 3.05) is 19.8 Å². The van der Waals surface area contributed by atoms with Crippen molar-refractivity contribution in [1.29, 1.82) is 0 Å². The second-order valence-corrected chi connectivity index (χ2v) is 5.28. The molecule has 1 aromatic rings. The summed E-state index contributed by atoms with van der Waals surface area (Å²) in [5.74, 6) is 1.79. The van der Waals surface area contributed by atoms with Crippen LogP contribution in [0.2, 0.25) is 0 Å². The molecular formula is C15H25NO2. The molecule has 0 atom stereocenters. The highest BCUT2D eigenvalue weighted by Crippen LogP contribution is 2.17. The van der Waals surface area contributed by atoms with Crippen LogP contribution in [0.3, 0.4) is 0 Å². The molecule has 1 N–H and O–H groups in total. The molecule has 1 aromatic carbocycles. The molecule has 0 bridgehead atoms. The summed E-state index contributed by atoms with van der Waals surface area (Å²) >= 11 is 0. The molecule has 0 amide bonds. The quantitative estimate of drug-likeness (QED) is 0.755. The maximum atomic E-state index is 5.66. The average molecular weight is 251 g/mol. The number of benzene rings is 1. The topological polar surface area (TPSA) is 30.5 Å². The van der Waals surface area contributed by atoms with Crippen molar-refractivity contribution in [2.45, 2.75) is 39.7 Å². The molecule has 0 fully saturated rings. The molecule has 0 unspecified atom stereocenters. The largest absolute Gasteiger partial charge is 0.494 e. The van der Waals surface area contributed by atoms with Crippen molar-refractivity contribution >= 4 is 0 Å². The van der Waals surface area contributed by atoms with Gasteiger partial charge in [0.1, 0.15) is 11.5 Å². The van der Waals surface area contributed by atoms with Gasteiger partial charge in [-0.25, -0.2) is 0 Å². The third-order valence-corrected chi connectivity index (χ3v) is 2.38. The lowest BCUT2D eigenvalue weighted by molar-refractivity contribution is 0.296. The fourth-order valence-electron chi connectivity index (χ4n) is 1.52. The van der Waals surface area contributed by atoms with Crippen molar-refractivity contribution in [3.05, 3.63) is 24.3 Å². The standard InChI is InChI=1S/C15H25NO2/c1-5-17-13-7-9-14(10-8-13)18-12-6-11-16-15(2,3)4/h7-10,16H,5-6,11-12H2,1-4H3. The Morgan fingerprint density at radius 3 is 2.06 bits per heavy atom. The summed E-state index contributed by atoms with van der Waals surface area (Å²) in [4.78, 5) is 0. The molecule has 0 aliphatic heterocycles. The fourth-order valence-corrected chi connectivity index (χ4v) is 1.52. The van der Waals surface area contributed by atoms with Crippen LogP contribution >= 0.6 is 0 Å². The summed E-state index contributed by atoms with van der Waals surface area (Å²) in [5, 5.41) is 3.43. The molecule has 0 aliphatic rings. The van der Waals surface area contributed by atoms with Crippen LogP contribution in [-0.2, 0) is 0 Å². The van der Waals surface area contributed by atoms with Gasteiger partial charge in [-0.15, -0.1) is 0 Å². The molecule has 3 nitrogen and oxygen atoms in total. The highest BCUT2D eigenvalue weighted by molar-refractivity contribution is 5.31. The van der Waals surface area contributed by atoms with E-state index in [0.717, 1.165) is 31.1 Å². The van der Waals surface area contributed by atoms with Crippen LogP contribution in [0, 0.1) is 0 Å². The van der Waals surface area contributed by atoms with Crippen LogP contribution in [0.5, 0.6) is 11.5 Å². The summed E-state index contributed by atoms with van der Waals surface area (Å²) in [5.41, 5.74) is 0.180. The van der Waals surface area contributed by atoms with Gasteiger partial charge in [0.2, 0.25) is 0 Å². The Balaban J connectivity index is 2.19. The van der Waals surface area contributed by atoms with Crippen LogP contribution in [0.25, 0.3) is 0 Å². The van der Waals surface area contributed by atoms with Crippen molar-refractivity contribution in [1.82, 2.24) is 5.32 Å². The predicted molar refractivity (Wildman–Crippen MR) is 75.5 cm³/mol. The van der Waals surface area contributed by atoms with Crippen LogP contribution in [0.4, 0.5) is 0 Å². The van der Waals surface area contributed by atoms with E-state index in [-0.39, 0.29) is 5.54 Å². The lowest BCUT2D eigenvalue weighted by atomic mass is 10.1. The number of hydrogen-bond donors (Lipinski definition) is 1. The number of rotatable bonds is 7. The first kappa shape index (κ1) is 14.8. The minimum Gasteiger partial charge on any atom is -0.494 e. The van der Waals surface area contributed by atoms with E-state index < -0.39 is 0 Å². The lowest BCUT2D eigenvalue weighted by Gasteiger charge is -2.20. The van der Waals surface area contributed by atoms with Crippen LogP contribution in [0.1, 0.15) is 34.1 Å². The molecule has 0 aliphatic carbocycles. The second kappa shape index (κ2) is 7.27. The van der Waals surface area contributed by atoms with Gasteiger partial charge < -0.3 is 14.8 Å². The third kappa shape index (κ3) is 6.50. The molecular weight excluding hydrogens is 226 g/mol. The highest BCUT2D eigenvalue weighted by atomic mass is 16.5. The van der Waals surface area contributed by atoms with Gasteiger partial charge >= 0.3 is 0 Å². The summed E-state index contributed by atoms with van der Waals surface area (Å²) in [6, 6.07) is 7.77. The zero-order valence-electron chi connectivity index (χ0n) is 12.0. The van der Waals surface area contributed by atoms with Crippen molar-refractivity contribution in [2.24, 2.45) is 0 Å². The van der Waals surface area contributed by atoms with Gasteiger partial charge in [-0.1, -0.05) is 0 Å². The second-order valence-electron chi connectivity index (χ2n) is 5.28. The Hall–Kier alpha value is -1.22. The van der Waals surface area contributed by atoms with Crippen molar-refractivity contribution < 1.29 is 9.47 Å². The first-order valence-corrected chi connectivity index (χ1v) is 6.62. The van der Waals surface area contributed by atoms with Gasteiger partial charge in [0.25, 0.3) is 0 Å². The van der Waals surface area contributed by atoms with Crippen molar-refractivity contribution in [3.8, 4) is 11.5 Å². The maximum absolute atomic E-state index is 5.66. The molecule has 0 radical (unpaired) electrons. The molecule has 0 saturated heterocycles. The summed E-state index contributed by atoms with van der Waals surface area (Å²) in [6.07, 6.45) is 1.00. The van der Waals surface area contributed by atoms with E-state index in [1.54, 1.807) is 0 Å². The van der Waals surface area contributed by atoms with E-state index in [1.807, 2.05) is 31.2 Å². The van der Waals surface area contributed by atoms with Gasteiger partial charge in [-0.3, -0.25) is 0 Å². The molecule has 0 saturated carbocycles. The molecule has 0 aromatic heterocycles. The Labute approximate surface area is 110 Å². The SMILES string of the molecule is CCOc1ccc(OCCCNC(C)(C)C)cc1. The molecule has 3 heteroatoms. The minimum absolute atomic E-state index is 0.180. The fraction of sp³-hybridized carbons (Fsp3) is 0.600. The van der Waals surface area contributed by atoms with E-state index in [0.29, 0.717) is 6.61 Å². The van der Waals surface area contributed by atoms with E-state index in [1.165, 1.54) is 0 Å². The van der Waals surface area contributed by atoms with Gasteiger partial charge in [0.15, 0.2) is 0 Å². The highest BCUT2D eigenvalue weighted by Gasteiger charge is 2.07. The Kier molecular flexibility index (Phi) is 5.99. The smallest absolute Gasteiger partial charge is 0.119 e. The zero-order valence-corrected chi connectivity index (χ0v) is 12.0. The van der Waals surface area contributed by atoms with Gasteiger partial charge in [-0.2, -0.15) is 0 Å². The van der Waals surface area contributed by atoms with E-state index in [9.17, 15) is 0 Å². The summed E-state index contributed by atoms with van der Waals surface area (Å²) in [7, 11) is 0. The Bertz CT molecular complexity index is 327. The van der Waals surface area contributed by atoms with Crippen LogP contribution in [0.15, 0.2) is 24.3 Å². The normalized spacial score (nSPS) is 11.3. The minimum atomic E-state index is 0.180. The maximum Gasteiger partial charge on any atom is 0.119 e. The number of hydrogen-bond acceptors (Lipinski definition) is 3. The number of nitrogens with one attached hydrogen (secondary N) is 1. The van der Waals surface area contributed by atoms with Crippen molar-refractivity contribution in [3.63, 3.8) is 0 Å². The van der Waals surface area contributed by atoms with E-state index >= 15 is 0 Å². The van der Waals surface area contributed by atoms with Gasteiger partial charge in [0.05, 0.1) is 13.2 Å². The molecule has 0 spiro atoms. The van der Waals surface area contributed by atoms with Gasteiger partial charge in [0, 0.05) is 5.54 Å². The molecule has 0 heterocycles. The Morgan fingerprint density at radius 1 is 1.00 bits per heavy atom. The van der Waals surface area contributed by atoms with Crippen LogP contribution < -0.4 is 14.8 Å². The average Bonchev–Trinajstić information content (AvgIpc) is 2.30. The lowest BCUT2D eigenvalue weighted by Crippen LogP contribution is -2.36. The predicted octanol–water partition coefficient (Wildman–Crippen LogP) is 3.24. The summed E-state index contributed by atoms with van der Waals surface area (Å²) in [6.45, 7) is 10.9. The van der Waals surface area contributed by atoms with Gasteiger partial charge in [-0.05, 0) is 64.9 Å². The Morgan fingerprint density at radius 2 is 1.56 bits per heavy atom. The molecule has 1 rings (SSSR count). The first-order valence-electron chi connectivity index (χ1n) is 6.62.